The Morgan fingerprint density at radius 3 is 2.36 bits per heavy atom. The predicted molar refractivity (Wildman–Crippen MR) is 78.8 cm³/mol. The molecule has 0 spiro atoms. The van der Waals surface area contributed by atoms with Crippen LogP contribution in [0.3, 0.4) is 0 Å². The highest BCUT2D eigenvalue weighted by Crippen LogP contribution is 2.31. The zero-order valence-corrected chi connectivity index (χ0v) is 12.3. The van der Waals surface area contributed by atoms with Crippen molar-refractivity contribution < 1.29 is 19.4 Å². The number of nitrogens with zero attached hydrogens (tertiary/aromatic N) is 2. The van der Waals surface area contributed by atoms with E-state index < -0.39 is 27.2 Å². The van der Waals surface area contributed by atoms with E-state index in [9.17, 15) is 25.0 Å². The number of nitro benzene ring substituents is 2. The lowest BCUT2D eigenvalue weighted by Crippen LogP contribution is -2.09. The summed E-state index contributed by atoms with van der Waals surface area (Å²) in [7, 11) is 0. The molecule has 0 bridgehead atoms. The molecule has 8 heteroatoms. The minimum absolute atomic E-state index is 0.165. The van der Waals surface area contributed by atoms with Crippen molar-refractivity contribution in [2.45, 2.75) is 45.4 Å². The minimum atomic E-state index is -0.809. The van der Waals surface area contributed by atoms with E-state index >= 15 is 0 Å². The first-order valence-corrected chi connectivity index (χ1v) is 7.09. The third kappa shape index (κ3) is 5.47. The molecule has 0 N–H and O–H groups in total. The van der Waals surface area contributed by atoms with Crippen LogP contribution in [0.2, 0.25) is 0 Å². The third-order valence-electron chi connectivity index (χ3n) is 3.06. The van der Waals surface area contributed by atoms with Crippen LogP contribution in [-0.4, -0.2) is 15.8 Å². The van der Waals surface area contributed by atoms with Gasteiger partial charge in [0, 0.05) is 12.5 Å². The monoisotopic (exact) mass is 310 g/mol. The van der Waals surface area contributed by atoms with E-state index in [1.54, 1.807) is 0 Å². The fourth-order valence-corrected chi connectivity index (χ4v) is 1.89. The van der Waals surface area contributed by atoms with Gasteiger partial charge in [-0.3, -0.25) is 25.0 Å². The smallest absolute Gasteiger partial charge is 0.318 e. The van der Waals surface area contributed by atoms with E-state index in [-0.39, 0.29) is 12.2 Å². The summed E-state index contributed by atoms with van der Waals surface area (Å²) >= 11 is 0. The second-order valence-corrected chi connectivity index (χ2v) is 4.80. The third-order valence-corrected chi connectivity index (χ3v) is 3.06. The number of nitro groups is 2. The van der Waals surface area contributed by atoms with Crippen LogP contribution in [0.5, 0.6) is 5.75 Å². The largest absolute Gasteiger partial charge is 0.419 e. The Morgan fingerprint density at radius 2 is 1.77 bits per heavy atom. The van der Waals surface area contributed by atoms with Crippen molar-refractivity contribution in [2.24, 2.45) is 0 Å². The second-order valence-electron chi connectivity index (χ2n) is 4.80. The Bertz CT molecular complexity index is 558. The molecule has 1 aromatic rings. The van der Waals surface area contributed by atoms with Crippen LogP contribution in [0.15, 0.2) is 18.2 Å². The maximum atomic E-state index is 11.7. The van der Waals surface area contributed by atoms with Gasteiger partial charge in [-0.2, -0.15) is 0 Å². The highest BCUT2D eigenvalue weighted by atomic mass is 16.6. The number of carbonyl (C=O) groups is 1. The summed E-state index contributed by atoms with van der Waals surface area (Å²) in [5, 5.41) is 21.5. The lowest BCUT2D eigenvalue weighted by atomic mass is 10.1. The molecule has 0 unspecified atom stereocenters. The number of rotatable bonds is 9. The zero-order valence-electron chi connectivity index (χ0n) is 12.3. The van der Waals surface area contributed by atoms with Crippen LogP contribution < -0.4 is 4.74 Å². The SMILES string of the molecule is CCCCCCCC(=O)Oc1ccc([N+](=O)[O-])cc1[N+](=O)[O-]. The molecular formula is C14H18N2O6. The molecule has 0 aromatic heterocycles. The molecule has 0 saturated carbocycles. The number of non-ortho nitro benzene ring substituents is 1. The van der Waals surface area contributed by atoms with E-state index in [1.807, 2.05) is 0 Å². The molecule has 0 amide bonds. The first-order chi connectivity index (χ1) is 10.5. The molecule has 1 aromatic carbocycles. The van der Waals surface area contributed by atoms with Gasteiger partial charge in [-0.25, -0.2) is 0 Å². The van der Waals surface area contributed by atoms with E-state index in [4.69, 9.17) is 4.74 Å². The highest BCUT2D eigenvalue weighted by Gasteiger charge is 2.22. The van der Waals surface area contributed by atoms with Crippen molar-refractivity contribution in [3.8, 4) is 5.75 Å². The number of hydrogen-bond acceptors (Lipinski definition) is 6. The van der Waals surface area contributed by atoms with Crippen molar-refractivity contribution in [1.82, 2.24) is 0 Å². The normalized spacial score (nSPS) is 10.2. The van der Waals surface area contributed by atoms with Crippen LogP contribution in [0.25, 0.3) is 0 Å². The summed E-state index contributed by atoms with van der Waals surface area (Å²) in [5.41, 5.74) is -1.01. The summed E-state index contributed by atoms with van der Waals surface area (Å²) in [6.45, 7) is 2.09. The number of esters is 1. The molecule has 0 saturated heterocycles. The number of hydrogen-bond donors (Lipinski definition) is 0. The number of benzene rings is 1. The van der Waals surface area contributed by atoms with Gasteiger partial charge in [0.2, 0.25) is 5.75 Å². The van der Waals surface area contributed by atoms with Crippen LogP contribution in [0, 0.1) is 20.2 Å². The predicted octanol–water partition coefficient (Wildman–Crippen LogP) is 3.77. The van der Waals surface area contributed by atoms with Gasteiger partial charge < -0.3 is 4.74 Å². The van der Waals surface area contributed by atoms with E-state index in [1.165, 1.54) is 0 Å². The Labute approximate surface area is 127 Å². The Balaban J connectivity index is 2.66. The van der Waals surface area contributed by atoms with Crippen molar-refractivity contribution in [3.63, 3.8) is 0 Å². The average Bonchev–Trinajstić information content (AvgIpc) is 2.47. The molecule has 0 heterocycles. The number of carbonyl (C=O) groups excluding carboxylic acids is 1. The molecule has 120 valence electrons. The lowest BCUT2D eigenvalue weighted by Gasteiger charge is -2.05. The van der Waals surface area contributed by atoms with Gasteiger partial charge in [-0.05, 0) is 12.5 Å². The summed E-state index contributed by atoms with van der Waals surface area (Å²) in [5.74, 6) is -0.845. The molecule has 0 atom stereocenters. The fraction of sp³-hybridized carbons (Fsp3) is 0.500. The van der Waals surface area contributed by atoms with Crippen LogP contribution in [0.4, 0.5) is 11.4 Å². The van der Waals surface area contributed by atoms with Gasteiger partial charge in [0.25, 0.3) is 5.69 Å². The fourth-order valence-electron chi connectivity index (χ4n) is 1.89. The number of unbranched alkanes of at least 4 members (excludes halogenated alkanes) is 4. The van der Waals surface area contributed by atoms with Gasteiger partial charge in [-0.15, -0.1) is 0 Å². The molecule has 0 aliphatic rings. The summed E-state index contributed by atoms with van der Waals surface area (Å²) in [6, 6.07) is 2.92. The van der Waals surface area contributed by atoms with Gasteiger partial charge in [0.1, 0.15) is 0 Å². The van der Waals surface area contributed by atoms with E-state index in [2.05, 4.69) is 6.92 Å². The molecule has 0 aliphatic carbocycles. The molecule has 22 heavy (non-hydrogen) atoms. The summed E-state index contributed by atoms with van der Waals surface area (Å²) in [4.78, 5) is 31.6. The average molecular weight is 310 g/mol. The molecular weight excluding hydrogens is 292 g/mol. The standard InChI is InChI=1S/C14H18N2O6/c1-2-3-4-5-6-7-14(17)22-13-9-8-11(15(18)19)10-12(13)16(20)21/h8-10H,2-7H2,1H3. The molecule has 8 nitrogen and oxygen atoms in total. The first-order valence-electron chi connectivity index (χ1n) is 7.09. The van der Waals surface area contributed by atoms with E-state index in [0.29, 0.717) is 6.42 Å². The quantitative estimate of drug-likeness (QED) is 0.225. The molecule has 0 radical (unpaired) electrons. The van der Waals surface area contributed by atoms with Gasteiger partial charge in [-0.1, -0.05) is 32.6 Å². The van der Waals surface area contributed by atoms with Crippen molar-refractivity contribution in [1.29, 1.82) is 0 Å². The first kappa shape index (κ1) is 17.5. The maximum absolute atomic E-state index is 11.7. The van der Waals surface area contributed by atoms with Crippen LogP contribution >= 0.6 is 0 Å². The summed E-state index contributed by atoms with van der Waals surface area (Å²) < 4.78 is 4.94. The zero-order chi connectivity index (χ0) is 16.5. The van der Waals surface area contributed by atoms with Crippen LogP contribution in [0.1, 0.15) is 45.4 Å². The van der Waals surface area contributed by atoms with Gasteiger partial charge in [0.15, 0.2) is 0 Å². The maximum Gasteiger partial charge on any atom is 0.318 e. The van der Waals surface area contributed by atoms with Gasteiger partial charge >= 0.3 is 11.7 Å². The topological polar surface area (TPSA) is 113 Å². The van der Waals surface area contributed by atoms with Crippen molar-refractivity contribution in [2.75, 3.05) is 0 Å². The second kappa shape index (κ2) is 8.71. The number of ether oxygens (including phenoxy) is 1. The minimum Gasteiger partial charge on any atom is -0.419 e. The highest BCUT2D eigenvalue weighted by molar-refractivity contribution is 5.74. The Hall–Kier alpha value is -2.51. The Kier molecular flexibility index (Phi) is 6.94. The van der Waals surface area contributed by atoms with Crippen molar-refractivity contribution >= 4 is 17.3 Å². The van der Waals surface area contributed by atoms with E-state index in [0.717, 1.165) is 43.9 Å². The molecule has 1 rings (SSSR count). The lowest BCUT2D eigenvalue weighted by molar-refractivity contribution is -0.394. The molecule has 0 fully saturated rings. The van der Waals surface area contributed by atoms with Gasteiger partial charge in [0.05, 0.1) is 15.9 Å². The molecule has 0 aliphatic heterocycles. The Morgan fingerprint density at radius 1 is 1.09 bits per heavy atom. The van der Waals surface area contributed by atoms with Crippen molar-refractivity contribution in [3.05, 3.63) is 38.4 Å². The summed E-state index contributed by atoms with van der Waals surface area (Å²) in [6.07, 6.45) is 4.94. The van der Waals surface area contributed by atoms with Crippen LogP contribution in [-0.2, 0) is 4.79 Å².